The summed E-state index contributed by atoms with van der Waals surface area (Å²) in [6.07, 6.45) is 16.6. The molecule has 0 nitrogen and oxygen atoms in total. The van der Waals surface area contributed by atoms with Gasteiger partial charge in [0.2, 0.25) is 0 Å². The molecule has 2 aromatic rings. The van der Waals surface area contributed by atoms with Crippen molar-refractivity contribution in [3.63, 3.8) is 0 Å². The number of benzene rings is 2. The van der Waals surface area contributed by atoms with Gasteiger partial charge >= 0.3 is 0 Å². The maximum atomic E-state index is 3.95. The maximum Gasteiger partial charge on any atom is 0.0199 e. The van der Waals surface area contributed by atoms with Crippen molar-refractivity contribution in [2.45, 2.75) is 25.7 Å². The van der Waals surface area contributed by atoms with Gasteiger partial charge in [-0.3, -0.25) is 0 Å². The first-order valence-electron chi connectivity index (χ1n) is 9.77. The molecule has 0 heterocycles. The van der Waals surface area contributed by atoms with Gasteiger partial charge in [0.1, 0.15) is 0 Å². The van der Waals surface area contributed by atoms with Gasteiger partial charge in [0.15, 0.2) is 0 Å². The van der Waals surface area contributed by atoms with Gasteiger partial charge in [0.25, 0.3) is 0 Å². The highest BCUT2D eigenvalue weighted by molar-refractivity contribution is 5.48. The van der Waals surface area contributed by atoms with Gasteiger partial charge in [-0.2, -0.15) is 0 Å². The Balaban J connectivity index is 2.81. The lowest BCUT2D eigenvalue weighted by Gasteiger charge is -2.31. The Hall–Kier alpha value is -3.12. The lowest BCUT2D eigenvalue weighted by Crippen LogP contribution is -2.15. The van der Waals surface area contributed by atoms with E-state index in [9.17, 15) is 0 Å². The highest BCUT2D eigenvalue weighted by atomic mass is 14.3. The molecular weight excluding hydrogens is 336 g/mol. The maximum absolute atomic E-state index is 3.95. The third kappa shape index (κ3) is 5.44. The molecule has 2 rings (SSSR count). The van der Waals surface area contributed by atoms with Crippen molar-refractivity contribution in [3.05, 3.63) is 145 Å². The average Bonchev–Trinajstić information content (AvgIpc) is 2.73. The van der Waals surface area contributed by atoms with E-state index in [-0.39, 0.29) is 11.8 Å². The van der Waals surface area contributed by atoms with E-state index in [0.29, 0.717) is 0 Å². The summed E-state index contributed by atoms with van der Waals surface area (Å²) in [6.45, 7) is 12.0. The SMILES string of the molecule is C=C/C=C(\C=C/C)C(c1ccccc1)C(C(/C=C\C)=C/C=C)c1ccccc1. The lowest BCUT2D eigenvalue weighted by atomic mass is 9.72. The molecule has 0 N–H and O–H groups in total. The molecule has 0 radical (unpaired) electrons. The summed E-state index contributed by atoms with van der Waals surface area (Å²) in [4.78, 5) is 0. The van der Waals surface area contributed by atoms with E-state index in [0.717, 1.165) is 0 Å². The van der Waals surface area contributed by atoms with Crippen molar-refractivity contribution in [1.29, 1.82) is 0 Å². The Morgan fingerprint density at radius 2 is 1.00 bits per heavy atom. The van der Waals surface area contributed by atoms with Crippen molar-refractivity contribution in [1.82, 2.24) is 0 Å². The van der Waals surface area contributed by atoms with Gasteiger partial charge in [0.05, 0.1) is 0 Å². The Morgan fingerprint density at radius 3 is 1.29 bits per heavy atom. The second-order valence-electron chi connectivity index (χ2n) is 6.58. The molecule has 142 valence electrons. The first-order chi connectivity index (χ1) is 13.8. The molecule has 2 aromatic carbocycles. The van der Waals surface area contributed by atoms with Crippen LogP contribution in [0.1, 0.15) is 36.8 Å². The van der Waals surface area contributed by atoms with Crippen LogP contribution < -0.4 is 0 Å². The zero-order chi connectivity index (χ0) is 20.2. The van der Waals surface area contributed by atoms with Crippen LogP contribution in [0.5, 0.6) is 0 Å². The third-order valence-electron chi connectivity index (χ3n) is 4.71. The zero-order valence-corrected chi connectivity index (χ0v) is 17.0. The number of hydrogen-bond donors (Lipinski definition) is 0. The topological polar surface area (TPSA) is 0 Å². The monoisotopic (exact) mass is 366 g/mol. The molecule has 0 saturated carbocycles. The Kier molecular flexibility index (Phi) is 8.75. The minimum absolute atomic E-state index is 0.153. The van der Waals surface area contributed by atoms with Crippen LogP contribution in [0.4, 0.5) is 0 Å². The molecule has 0 aliphatic rings. The fourth-order valence-electron chi connectivity index (χ4n) is 3.66. The van der Waals surface area contributed by atoms with Gasteiger partial charge in [-0.15, -0.1) is 0 Å². The van der Waals surface area contributed by atoms with E-state index in [1.165, 1.54) is 22.3 Å². The molecule has 0 spiro atoms. The van der Waals surface area contributed by atoms with Crippen LogP contribution in [-0.2, 0) is 0 Å². The zero-order valence-electron chi connectivity index (χ0n) is 17.0. The number of rotatable bonds is 9. The van der Waals surface area contributed by atoms with Crippen LogP contribution in [0.3, 0.4) is 0 Å². The Morgan fingerprint density at radius 1 is 0.643 bits per heavy atom. The van der Waals surface area contributed by atoms with E-state index in [2.05, 4.69) is 124 Å². The fourth-order valence-corrected chi connectivity index (χ4v) is 3.66. The van der Waals surface area contributed by atoms with Crippen LogP contribution >= 0.6 is 0 Å². The summed E-state index contributed by atoms with van der Waals surface area (Å²) in [5.41, 5.74) is 5.03. The molecule has 0 aliphatic carbocycles. The van der Waals surface area contributed by atoms with Crippen molar-refractivity contribution in [2.24, 2.45) is 0 Å². The van der Waals surface area contributed by atoms with Crippen molar-refractivity contribution in [3.8, 4) is 0 Å². The van der Waals surface area contributed by atoms with Gasteiger partial charge in [-0.1, -0.05) is 122 Å². The summed E-state index contributed by atoms with van der Waals surface area (Å²) in [7, 11) is 0. The molecule has 0 heteroatoms. The standard InChI is InChI=1S/C28H30/c1-5-15-23(16-6-2)27(25-19-11-9-12-20-25)28(24(17-7-3)18-8-4)26-21-13-10-14-22-26/h5-22,27-28H,1,3H2,2,4H3/b16-6-,18-8-,23-15+,24-17+. The fraction of sp³-hybridized carbons (Fsp3) is 0.143. The van der Waals surface area contributed by atoms with Crippen molar-refractivity contribution in [2.75, 3.05) is 0 Å². The van der Waals surface area contributed by atoms with Crippen molar-refractivity contribution < 1.29 is 0 Å². The van der Waals surface area contributed by atoms with Crippen LogP contribution in [0.15, 0.2) is 134 Å². The second kappa shape index (κ2) is 11.6. The quantitative estimate of drug-likeness (QED) is 0.395. The van der Waals surface area contributed by atoms with E-state index in [1.807, 2.05) is 12.2 Å². The van der Waals surface area contributed by atoms with E-state index >= 15 is 0 Å². The lowest BCUT2D eigenvalue weighted by molar-refractivity contribution is 0.692. The highest BCUT2D eigenvalue weighted by Crippen LogP contribution is 2.44. The van der Waals surface area contributed by atoms with E-state index in [4.69, 9.17) is 0 Å². The van der Waals surface area contributed by atoms with Gasteiger partial charge in [0, 0.05) is 11.8 Å². The average molecular weight is 367 g/mol. The molecule has 0 aliphatic heterocycles. The Bertz CT molecular complexity index is 785. The summed E-state index contributed by atoms with van der Waals surface area (Å²) >= 11 is 0. The number of allylic oxidation sites excluding steroid dienone is 10. The molecule has 2 atom stereocenters. The molecule has 0 bridgehead atoms. The van der Waals surface area contributed by atoms with Crippen LogP contribution in [-0.4, -0.2) is 0 Å². The Labute approximate surface area is 170 Å². The van der Waals surface area contributed by atoms with E-state index < -0.39 is 0 Å². The van der Waals surface area contributed by atoms with Crippen LogP contribution in [0.2, 0.25) is 0 Å². The third-order valence-corrected chi connectivity index (χ3v) is 4.71. The molecule has 28 heavy (non-hydrogen) atoms. The minimum atomic E-state index is 0.153. The molecule has 2 unspecified atom stereocenters. The molecule has 0 saturated heterocycles. The van der Waals surface area contributed by atoms with E-state index in [1.54, 1.807) is 0 Å². The van der Waals surface area contributed by atoms with Gasteiger partial charge < -0.3 is 0 Å². The van der Waals surface area contributed by atoms with Gasteiger partial charge in [-0.05, 0) is 36.1 Å². The predicted octanol–water partition coefficient (Wildman–Crippen LogP) is 7.93. The molecule has 0 fully saturated rings. The predicted molar refractivity (Wildman–Crippen MR) is 125 cm³/mol. The normalized spacial score (nSPS) is 14.9. The molecule has 0 aromatic heterocycles. The number of hydrogen-bond acceptors (Lipinski definition) is 0. The largest absolute Gasteiger partial charge is 0.0991 e. The summed E-state index contributed by atoms with van der Waals surface area (Å²) in [6, 6.07) is 21.4. The van der Waals surface area contributed by atoms with Crippen molar-refractivity contribution >= 4 is 0 Å². The summed E-state index contributed by atoms with van der Waals surface area (Å²) < 4.78 is 0. The second-order valence-corrected chi connectivity index (χ2v) is 6.58. The summed E-state index contributed by atoms with van der Waals surface area (Å²) in [5, 5.41) is 0. The first kappa shape index (κ1) is 21.2. The minimum Gasteiger partial charge on any atom is -0.0991 e. The smallest absolute Gasteiger partial charge is 0.0199 e. The van der Waals surface area contributed by atoms with Gasteiger partial charge in [-0.25, -0.2) is 0 Å². The molecule has 0 amide bonds. The van der Waals surface area contributed by atoms with Crippen LogP contribution in [0.25, 0.3) is 0 Å². The summed E-state index contributed by atoms with van der Waals surface area (Å²) in [5.74, 6) is 0.306. The van der Waals surface area contributed by atoms with Crippen LogP contribution in [0, 0.1) is 0 Å². The highest BCUT2D eigenvalue weighted by Gasteiger charge is 2.28. The molecular formula is C28H30. The first-order valence-corrected chi connectivity index (χ1v) is 9.77.